The lowest BCUT2D eigenvalue weighted by Gasteiger charge is -2.19. The number of fused-ring (bicyclic) bond motifs is 1. The van der Waals surface area contributed by atoms with Crippen LogP contribution in [0.3, 0.4) is 0 Å². The summed E-state index contributed by atoms with van der Waals surface area (Å²) in [5.41, 5.74) is 4.36. The number of para-hydroxylation sites is 1. The number of hydrogen-bond acceptors (Lipinski definition) is 3. The van der Waals surface area contributed by atoms with Crippen molar-refractivity contribution in [2.45, 2.75) is 18.8 Å². The van der Waals surface area contributed by atoms with Gasteiger partial charge in [-0.25, -0.2) is 0 Å². The number of rotatable bonds is 9. The molecule has 3 aromatic carbocycles. The molecule has 5 heteroatoms. The summed E-state index contributed by atoms with van der Waals surface area (Å²) >= 11 is 0. The summed E-state index contributed by atoms with van der Waals surface area (Å²) < 4.78 is 10.9. The van der Waals surface area contributed by atoms with Crippen LogP contribution in [-0.4, -0.2) is 31.7 Å². The number of ether oxygens (including phenoxy) is 2. The van der Waals surface area contributed by atoms with Crippen LogP contribution in [0.2, 0.25) is 0 Å². The third-order valence-electron chi connectivity index (χ3n) is 5.77. The van der Waals surface area contributed by atoms with Crippen LogP contribution in [0.4, 0.5) is 0 Å². The molecule has 1 atom stereocenters. The summed E-state index contributed by atoms with van der Waals surface area (Å²) in [5, 5.41) is 4.20. The average Bonchev–Trinajstić information content (AvgIpc) is 3.27. The Balaban J connectivity index is 1.58. The molecule has 0 bridgehead atoms. The maximum absolute atomic E-state index is 12.9. The minimum Gasteiger partial charge on any atom is -0.493 e. The number of carbonyl (C=O) groups excluding carboxylic acids is 1. The fourth-order valence-electron chi connectivity index (χ4n) is 4.11. The number of benzene rings is 3. The Morgan fingerprint density at radius 2 is 1.69 bits per heavy atom. The van der Waals surface area contributed by atoms with E-state index in [1.54, 1.807) is 14.2 Å². The topological polar surface area (TPSA) is 63.3 Å². The molecule has 0 spiro atoms. The quantitative estimate of drug-likeness (QED) is 0.391. The van der Waals surface area contributed by atoms with Crippen molar-refractivity contribution < 1.29 is 14.3 Å². The van der Waals surface area contributed by atoms with Crippen LogP contribution in [0.5, 0.6) is 11.5 Å². The van der Waals surface area contributed by atoms with E-state index in [1.165, 1.54) is 5.56 Å². The van der Waals surface area contributed by atoms with Gasteiger partial charge in [0.2, 0.25) is 5.91 Å². The van der Waals surface area contributed by atoms with Crippen molar-refractivity contribution in [1.82, 2.24) is 10.3 Å². The van der Waals surface area contributed by atoms with Crippen LogP contribution in [0.25, 0.3) is 10.9 Å². The first-order chi connectivity index (χ1) is 15.7. The fraction of sp³-hybridized carbons (Fsp3) is 0.222. The van der Waals surface area contributed by atoms with Gasteiger partial charge in [0, 0.05) is 36.0 Å². The SMILES string of the molecule is COc1ccc([C@@H](CC(=O)NCCc2ccccc2)c2c[nH]c3ccccc23)cc1OC. The van der Waals surface area contributed by atoms with E-state index >= 15 is 0 Å². The Bertz CT molecular complexity index is 1180. The predicted octanol–water partition coefficient (Wildman–Crippen LogP) is 5.07. The Morgan fingerprint density at radius 1 is 0.938 bits per heavy atom. The monoisotopic (exact) mass is 428 g/mol. The van der Waals surface area contributed by atoms with E-state index in [4.69, 9.17) is 9.47 Å². The van der Waals surface area contributed by atoms with E-state index in [-0.39, 0.29) is 11.8 Å². The van der Waals surface area contributed by atoms with Gasteiger partial charge < -0.3 is 19.8 Å². The largest absolute Gasteiger partial charge is 0.493 e. The molecule has 0 saturated carbocycles. The summed E-state index contributed by atoms with van der Waals surface area (Å²) in [5.74, 6) is 1.22. The maximum Gasteiger partial charge on any atom is 0.220 e. The summed E-state index contributed by atoms with van der Waals surface area (Å²) in [6.07, 6.45) is 3.15. The molecular weight excluding hydrogens is 400 g/mol. The van der Waals surface area contributed by atoms with Crippen molar-refractivity contribution >= 4 is 16.8 Å². The lowest BCUT2D eigenvalue weighted by Crippen LogP contribution is -2.27. The van der Waals surface area contributed by atoms with Crippen molar-refractivity contribution in [1.29, 1.82) is 0 Å². The van der Waals surface area contributed by atoms with Crippen molar-refractivity contribution in [3.8, 4) is 11.5 Å². The van der Waals surface area contributed by atoms with E-state index < -0.39 is 0 Å². The van der Waals surface area contributed by atoms with Crippen molar-refractivity contribution in [3.63, 3.8) is 0 Å². The Kier molecular flexibility index (Phi) is 6.75. The fourth-order valence-corrected chi connectivity index (χ4v) is 4.11. The maximum atomic E-state index is 12.9. The van der Waals surface area contributed by atoms with Gasteiger partial charge in [0.1, 0.15) is 0 Å². The van der Waals surface area contributed by atoms with Gasteiger partial charge in [0.05, 0.1) is 14.2 Å². The number of amides is 1. The normalized spacial score (nSPS) is 11.8. The van der Waals surface area contributed by atoms with Crippen LogP contribution in [0.15, 0.2) is 79.0 Å². The van der Waals surface area contributed by atoms with E-state index in [2.05, 4.69) is 28.5 Å². The van der Waals surface area contributed by atoms with Crippen molar-refractivity contribution in [2.24, 2.45) is 0 Å². The minimum absolute atomic E-state index is 0.0194. The first-order valence-electron chi connectivity index (χ1n) is 10.8. The third kappa shape index (κ3) is 4.78. The van der Waals surface area contributed by atoms with Gasteiger partial charge in [0.25, 0.3) is 0 Å². The molecule has 0 aliphatic rings. The highest BCUT2D eigenvalue weighted by Gasteiger charge is 2.22. The minimum atomic E-state index is -0.123. The molecule has 2 N–H and O–H groups in total. The van der Waals surface area contributed by atoms with Gasteiger partial charge in [-0.2, -0.15) is 0 Å². The second-order valence-electron chi connectivity index (χ2n) is 7.75. The zero-order valence-electron chi connectivity index (χ0n) is 18.4. The van der Waals surface area contributed by atoms with Crippen LogP contribution in [0, 0.1) is 0 Å². The second kappa shape index (κ2) is 10.1. The number of carbonyl (C=O) groups is 1. The third-order valence-corrected chi connectivity index (χ3v) is 5.77. The Morgan fingerprint density at radius 3 is 2.47 bits per heavy atom. The molecule has 0 fully saturated rings. The Labute approximate surface area is 188 Å². The standard InChI is InChI=1S/C27H28N2O3/c1-31-25-13-12-20(16-26(25)32-2)22(23-18-29-24-11-7-6-10-21(23)24)17-27(30)28-15-14-19-8-4-3-5-9-19/h3-13,16,18,22,29H,14-15,17H2,1-2H3,(H,28,30)/t22-/m1/s1. The molecule has 164 valence electrons. The summed E-state index contributed by atoms with van der Waals surface area (Å²) in [6, 6.07) is 24.2. The van der Waals surface area contributed by atoms with Gasteiger partial charge in [-0.1, -0.05) is 54.6 Å². The van der Waals surface area contributed by atoms with Crippen molar-refractivity contribution in [2.75, 3.05) is 20.8 Å². The molecule has 32 heavy (non-hydrogen) atoms. The highest BCUT2D eigenvalue weighted by Crippen LogP contribution is 2.37. The summed E-state index contributed by atoms with van der Waals surface area (Å²) in [4.78, 5) is 16.3. The van der Waals surface area contributed by atoms with Gasteiger partial charge in [-0.3, -0.25) is 4.79 Å². The number of nitrogens with one attached hydrogen (secondary N) is 2. The van der Waals surface area contributed by atoms with E-state index in [0.29, 0.717) is 24.5 Å². The van der Waals surface area contributed by atoms with Crippen LogP contribution in [-0.2, 0) is 11.2 Å². The number of aromatic amines is 1. The molecule has 0 radical (unpaired) electrons. The molecule has 4 aromatic rings. The Hall–Kier alpha value is -3.73. The molecule has 1 amide bonds. The number of H-pyrrole nitrogens is 1. The molecule has 1 aromatic heterocycles. The van der Waals surface area contributed by atoms with Crippen LogP contribution < -0.4 is 14.8 Å². The molecule has 1 heterocycles. The van der Waals surface area contributed by atoms with Gasteiger partial charge in [0.15, 0.2) is 11.5 Å². The van der Waals surface area contributed by atoms with Crippen LogP contribution in [0.1, 0.15) is 29.0 Å². The second-order valence-corrected chi connectivity index (χ2v) is 7.75. The lowest BCUT2D eigenvalue weighted by molar-refractivity contribution is -0.121. The molecule has 0 aliphatic carbocycles. The number of methoxy groups -OCH3 is 2. The highest BCUT2D eigenvalue weighted by atomic mass is 16.5. The highest BCUT2D eigenvalue weighted by molar-refractivity contribution is 5.86. The first-order valence-corrected chi connectivity index (χ1v) is 10.8. The number of hydrogen-bond donors (Lipinski definition) is 2. The van der Waals surface area contributed by atoms with E-state index in [9.17, 15) is 4.79 Å². The average molecular weight is 429 g/mol. The molecule has 5 nitrogen and oxygen atoms in total. The molecule has 0 unspecified atom stereocenters. The zero-order valence-corrected chi connectivity index (χ0v) is 18.4. The van der Waals surface area contributed by atoms with Gasteiger partial charge >= 0.3 is 0 Å². The smallest absolute Gasteiger partial charge is 0.220 e. The molecule has 0 saturated heterocycles. The molecule has 4 rings (SSSR count). The van der Waals surface area contributed by atoms with E-state index in [1.807, 2.05) is 60.8 Å². The molecular formula is C27H28N2O3. The lowest BCUT2D eigenvalue weighted by atomic mass is 9.87. The van der Waals surface area contributed by atoms with E-state index in [0.717, 1.165) is 28.5 Å². The summed E-state index contributed by atoms with van der Waals surface area (Å²) in [6.45, 7) is 0.607. The first kappa shape index (κ1) is 21.5. The van der Waals surface area contributed by atoms with Gasteiger partial charge in [-0.15, -0.1) is 0 Å². The van der Waals surface area contributed by atoms with Gasteiger partial charge in [-0.05, 0) is 41.3 Å². The zero-order chi connectivity index (χ0) is 22.3. The van der Waals surface area contributed by atoms with Crippen LogP contribution >= 0.6 is 0 Å². The number of aromatic nitrogens is 1. The summed E-state index contributed by atoms with van der Waals surface area (Å²) in [7, 11) is 3.24. The molecule has 0 aliphatic heterocycles. The predicted molar refractivity (Wildman–Crippen MR) is 127 cm³/mol. The van der Waals surface area contributed by atoms with Crippen molar-refractivity contribution in [3.05, 3.63) is 95.7 Å².